The van der Waals surface area contributed by atoms with E-state index in [9.17, 15) is 13.5 Å². The Bertz CT molecular complexity index is 505. The summed E-state index contributed by atoms with van der Waals surface area (Å²) in [5.41, 5.74) is 0.857. The number of halogens is 1. The third-order valence-corrected chi connectivity index (χ3v) is 4.73. The van der Waals surface area contributed by atoms with Gasteiger partial charge in [0, 0.05) is 25.2 Å². The fourth-order valence-corrected chi connectivity index (χ4v) is 2.64. The minimum Gasteiger partial charge on any atom is -0.393 e. The summed E-state index contributed by atoms with van der Waals surface area (Å²) in [6.07, 6.45) is 0.548. The normalized spacial score (nSPS) is 13.7. The molecule has 0 aromatic heterocycles. The molecule has 0 amide bonds. The van der Waals surface area contributed by atoms with E-state index in [4.69, 9.17) is 11.6 Å². The van der Waals surface area contributed by atoms with E-state index in [1.807, 2.05) is 6.92 Å². The maximum absolute atomic E-state index is 12.0. The van der Waals surface area contributed by atoms with Crippen LogP contribution in [-0.4, -0.2) is 37.5 Å². The van der Waals surface area contributed by atoms with Crippen LogP contribution >= 0.6 is 11.6 Å². The topological polar surface area (TPSA) is 69.6 Å². The lowest BCUT2D eigenvalue weighted by atomic mass is 10.2. The summed E-state index contributed by atoms with van der Waals surface area (Å²) in [6.45, 7) is 2.34. The Labute approximate surface area is 125 Å². The highest BCUT2D eigenvalue weighted by atomic mass is 35.5. The first-order valence-corrected chi connectivity index (χ1v) is 8.30. The zero-order valence-corrected chi connectivity index (χ0v) is 13.3. The van der Waals surface area contributed by atoms with E-state index in [-0.39, 0.29) is 13.1 Å². The first-order valence-electron chi connectivity index (χ1n) is 6.48. The van der Waals surface area contributed by atoms with Gasteiger partial charge in [-0.2, -0.15) is 12.7 Å². The fourth-order valence-electron chi connectivity index (χ4n) is 1.60. The highest BCUT2D eigenvalue weighted by Gasteiger charge is 2.17. The predicted molar refractivity (Wildman–Crippen MR) is 80.8 cm³/mol. The number of nitrogens with zero attached hydrogens (tertiary/aromatic N) is 1. The van der Waals surface area contributed by atoms with Gasteiger partial charge in [0.05, 0.1) is 6.10 Å². The molecule has 0 radical (unpaired) electrons. The van der Waals surface area contributed by atoms with Gasteiger partial charge in [-0.15, -0.1) is 0 Å². The molecule has 114 valence electrons. The number of aliphatic hydroxyl groups is 1. The van der Waals surface area contributed by atoms with Crippen LogP contribution in [0.15, 0.2) is 24.3 Å². The number of rotatable bonds is 8. The van der Waals surface area contributed by atoms with Crippen LogP contribution in [0.4, 0.5) is 0 Å². The largest absolute Gasteiger partial charge is 0.393 e. The van der Waals surface area contributed by atoms with Crippen LogP contribution in [-0.2, 0) is 16.8 Å². The first kappa shape index (κ1) is 17.4. The molecule has 0 bridgehead atoms. The number of hydrogen-bond donors (Lipinski definition) is 2. The highest BCUT2D eigenvalue weighted by Crippen LogP contribution is 2.12. The van der Waals surface area contributed by atoms with E-state index >= 15 is 0 Å². The molecule has 2 N–H and O–H groups in total. The summed E-state index contributed by atoms with van der Waals surface area (Å²) in [7, 11) is -2.03. The number of hydrogen-bond acceptors (Lipinski definition) is 3. The van der Waals surface area contributed by atoms with Crippen molar-refractivity contribution in [3.63, 3.8) is 0 Å². The second kappa shape index (κ2) is 7.95. The van der Waals surface area contributed by atoms with Gasteiger partial charge in [-0.1, -0.05) is 30.7 Å². The van der Waals surface area contributed by atoms with Crippen molar-refractivity contribution in [2.75, 3.05) is 13.6 Å². The molecular weight excluding hydrogens is 300 g/mol. The number of benzene rings is 1. The lowest BCUT2D eigenvalue weighted by Crippen LogP contribution is -2.38. The van der Waals surface area contributed by atoms with Crippen molar-refractivity contribution < 1.29 is 13.5 Å². The van der Waals surface area contributed by atoms with Crippen molar-refractivity contribution in [2.45, 2.75) is 32.4 Å². The smallest absolute Gasteiger partial charge is 0.279 e. The second-order valence-corrected chi connectivity index (χ2v) is 6.93. The van der Waals surface area contributed by atoms with Crippen molar-refractivity contribution in [3.8, 4) is 0 Å². The van der Waals surface area contributed by atoms with Crippen LogP contribution in [0.25, 0.3) is 0 Å². The molecule has 1 aromatic carbocycles. The molecule has 0 aliphatic rings. The Kier molecular flexibility index (Phi) is 6.91. The molecule has 0 aliphatic heterocycles. The Morgan fingerprint density at radius 2 is 1.95 bits per heavy atom. The first-order chi connectivity index (χ1) is 9.35. The minimum atomic E-state index is -3.53. The summed E-state index contributed by atoms with van der Waals surface area (Å²) in [5.74, 6) is 0. The Hall–Kier alpha value is -0.660. The Balaban J connectivity index is 2.52. The van der Waals surface area contributed by atoms with E-state index < -0.39 is 16.3 Å². The van der Waals surface area contributed by atoms with Gasteiger partial charge in [-0.3, -0.25) is 0 Å². The number of nitrogens with one attached hydrogen (secondary N) is 1. The van der Waals surface area contributed by atoms with E-state index in [2.05, 4.69) is 4.72 Å². The summed E-state index contributed by atoms with van der Waals surface area (Å²) >= 11 is 5.78. The average Bonchev–Trinajstić information content (AvgIpc) is 2.40. The monoisotopic (exact) mass is 320 g/mol. The van der Waals surface area contributed by atoms with Gasteiger partial charge in [-0.25, -0.2) is 4.72 Å². The molecule has 1 aromatic rings. The van der Waals surface area contributed by atoms with Crippen molar-refractivity contribution in [1.82, 2.24) is 9.03 Å². The Morgan fingerprint density at radius 1 is 1.35 bits per heavy atom. The van der Waals surface area contributed by atoms with Gasteiger partial charge in [-0.05, 0) is 30.5 Å². The molecule has 5 nitrogen and oxygen atoms in total. The third kappa shape index (κ3) is 5.76. The quantitative estimate of drug-likeness (QED) is 0.767. The van der Waals surface area contributed by atoms with Gasteiger partial charge in [0.2, 0.25) is 0 Å². The van der Waals surface area contributed by atoms with Crippen molar-refractivity contribution in [2.24, 2.45) is 0 Å². The summed E-state index contributed by atoms with van der Waals surface area (Å²) < 4.78 is 27.7. The van der Waals surface area contributed by atoms with Crippen LogP contribution in [0.1, 0.15) is 25.3 Å². The van der Waals surface area contributed by atoms with E-state index in [1.165, 1.54) is 11.4 Å². The van der Waals surface area contributed by atoms with Crippen LogP contribution in [0.5, 0.6) is 0 Å². The summed E-state index contributed by atoms with van der Waals surface area (Å²) in [5, 5.41) is 10.0. The maximum atomic E-state index is 12.0. The van der Waals surface area contributed by atoms with Crippen LogP contribution in [0.2, 0.25) is 5.02 Å². The molecule has 0 saturated heterocycles. The van der Waals surface area contributed by atoms with Crippen molar-refractivity contribution in [3.05, 3.63) is 34.9 Å². The lowest BCUT2D eigenvalue weighted by molar-refractivity contribution is 0.161. The predicted octanol–water partition coefficient (Wildman–Crippen LogP) is 1.77. The van der Waals surface area contributed by atoms with Gasteiger partial charge in [0.25, 0.3) is 10.2 Å². The number of aliphatic hydroxyl groups excluding tert-OH is 1. The molecule has 1 atom stereocenters. The van der Waals surface area contributed by atoms with Crippen LogP contribution in [0.3, 0.4) is 0 Å². The van der Waals surface area contributed by atoms with Crippen molar-refractivity contribution in [1.29, 1.82) is 0 Å². The highest BCUT2D eigenvalue weighted by molar-refractivity contribution is 7.87. The van der Waals surface area contributed by atoms with E-state index in [0.29, 0.717) is 17.9 Å². The molecule has 0 saturated carbocycles. The average molecular weight is 321 g/mol. The van der Waals surface area contributed by atoms with Crippen molar-refractivity contribution >= 4 is 21.8 Å². The molecule has 7 heteroatoms. The third-order valence-electron chi connectivity index (χ3n) is 2.96. The summed E-state index contributed by atoms with van der Waals surface area (Å²) in [4.78, 5) is 0. The molecule has 20 heavy (non-hydrogen) atoms. The summed E-state index contributed by atoms with van der Waals surface area (Å²) in [6, 6.07) is 7.02. The standard InChI is InChI=1S/C13H21ClN2O3S/c1-3-13(17)8-9-15-20(18,19)16(2)10-11-4-6-12(14)7-5-11/h4-7,13,15,17H,3,8-10H2,1-2H3. The van der Waals surface area contributed by atoms with Gasteiger partial charge in [0.1, 0.15) is 0 Å². The van der Waals surface area contributed by atoms with Crippen LogP contribution < -0.4 is 4.72 Å². The zero-order chi connectivity index (χ0) is 15.2. The second-order valence-electron chi connectivity index (χ2n) is 4.63. The fraction of sp³-hybridized carbons (Fsp3) is 0.538. The maximum Gasteiger partial charge on any atom is 0.279 e. The molecule has 0 spiro atoms. The molecule has 0 heterocycles. The van der Waals surface area contributed by atoms with Gasteiger partial charge in [0.15, 0.2) is 0 Å². The molecule has 1 rings (SSSR count). The lowest BCUT2D eigenvalue weighted by Gasteiger charge is -2.18. The van der Waals surface area contributed by atoms with Gasteiger partial charge < -0.3 is 5.11 Å². The minimum absolute atomic E-state index is 0.225. The Morgan fingerprint density at radius 3 is 2.50 bits per heavy atom. The molecule has 0 aliphatic carbocycles. The molecular formula is C13H21ClN2O3S. The van der Waals surface area contributed by atoms with Gasteiger partial charge >= 0.3 is 0 Å². The molecule has 0 fully saturated rings. The van der Waals surface area contributed by atoms with E-state index in [1.54, 1.807) is 24.3 Å². The SMILES string of the molecule is CCC(O)CCNS(=O)(=O)N(C)Cc1ccc(Cl)cc1. The van der Waals surface area contributed by atoms with E-state index in [0.717, 1.165) is 5.56 Å². The zero-order valence-electron chi connectivity index (χ0n) is 11.7. The van der Waals surface area contributed by atoms with Crippen LogP contribution in [0, 0.1) is 0 Å². The molecule has 1 unspecified atom stereocenters.